The third-order valence-corrected chi connectivity index (χ3v) is 4.14. The summed E-state index contributed by atoms with van der Waals surface area (Å²) in [5.74, 6) is 0. The van der Waals surface area contributed by atoms with Crippen LogP contribution < -0.4 is 10.2 Å². The minimum Gasteiger partial charge on any atom is -0.370 e. The van der Waals surface area contributed by atoms with Crippen LogP contribution >= 0.6 is 0 Å². The first kappa shape index (κ1) is 16.2. The number of hydrogen-bond donors (Lipinski definition) is 1. The van der Waals surface area contributed by atoms with Crippen molar-refractivity contribution in [2.75, 3.05) is 32.1 Å². The number of nitrogens with one attached hydrogen (secondary N) is 1. The number of hydrogen-bond acceptors (Lipinski definition) is 4. The van der Waals surface area contributed by atoms with Crippen molar-refractivity contribution in [1.82, 2.24) is 15.2 Å². The molecule has 1 atom stereocenters. The third-order valence-electron chi connectivity index (χ3n) is 4.14. The lowest BCUT2D eigenvalue weighted by Gasteiger charge is -2.26. The van der Waals surface area contributed by atoms with Gasteiger partial charge >= 0.3 is 0 Å². The summed E-state index contributed by atoms with van der Waals surface area (Å²) >= 11 is 0. The Morgan fingerprint density at radius 3 is 2.67 bits per heavy atom. The maximum Gasteiger partial charge on any atom is 0.0446 e. The predicted octanol–water partition coefficient (Wildman–Crippen LogP) is 2.42. The molecule has 2 rings (SSSR count). The zero-order valence-corrected chi connectivity index (χ0v) is 14.4. The van der Waals surface area contributed by atoms with Gasteiger partial charge in [-0.25, -0.2) is 0 Å². The molecule has 0 amide bonds. The van der Waals surface area contributed by atoms with Gasteiger partial charge in [0.25, 0.3) is 0 Å². The zero-order chi connectivity index (χ0) is 15.6. The summed E-state index contributed by atoms with van der Waals surface area (Å²) in [7, 11) is 4.35. The molecule has 1 aromatic heterocycles. The van der Waals surface area contributed by atoms with E-state index in [2.05, 4.69) is 68.0 Å². The molecule has 1 fully saturated rings. The van der Waals surface area contributed by atoms with Crippen molar-refractivity contribution in [2.45, 2.75) is 52.2 Å². The molecule has 1 aromatic rings. The molecule has 4 nitrogen and oxygen atoms in total. The fourth-order valence-corrected chi connectivity index (χ4v) is 2.75. The van der Waals surface area contributed by atoms with Crippen LogP contribution in [0.25, 0.3) is 0 Å². The molecule has 0 aromatic carbocycles. The number of anilines is 1. The van der Waals surface area contributed by atoms with Gasteiger partial charge in [-0.1, -0.05) is 0 Å². The highest BCUT2D eigenvalue weighted by Crippen LogP contribution is 2.26. The topological polar surface area (TPSA) is 31.4 Å². The Morgan fingerprint density at radius 1 is 1.38 bits per heavy atom. The number of likely N-dealkylation sites (N-methyl/N-ethyl adjacent to an activating group) is 1. The minimum atomic E-state index is 0.124. The lowest BCUT2D eigenvalue weighted by Crippen LogP contribution is -2.36. The van der Waals surface area contributed by atoms with Crippen molar-refractivity contribution in [3.63, 3.8) is 0 Å². The van der Waals surface area contributed by atoms with E-state index < -0.39 is 0 Å². The van der Waals surface area contributed by atoms with Gasteiger partial charge in [0.05, 0.1) is 0 Å². The Kier molecular flexibility index (Phi) is 4.89. The van der Waals surface area contributed by atoms with Gasteiger partial charge in [0, 0.05) is 54.4 Å². The number of aryl methyl sites for hydroxylation is 1. The number of pyridine rings is 1. The lowest BCUT2D eigenvalue weighted by atomic mass is 10.1. The molecule has 0 aliphatic carbocycles. The normalized spacial score (nSPS) is 19.6. The van der Waals surface area contributed by atoms with E-state index in [1.54, 1.807) is 0 Å². The maximum absolute atomic E-state index is 4.49. The van der Waals surface area contributed by atoms with E-state index >= 15 is 0 Å². The average molecular weight is 290 g/mol. The zero-order valence-electron chi connectivity index (χ0n) is 14.4. The summed E-state index contributed by atoms with van der Waals surface area (Å²) in [4.78, 5) is 9.34. The van der Waals surface area contributed by atoms with E-state index in [4.69, 9.17) is 0 Å². The molecule has 4 heteroatoms. The van der Waals surface area contributed by atoms with Crippen LogP contribution in [0.4, 0.5) is 5.69 Å². The van der Waals surface area contributed by atoms with E-state index in [0.717, 1.165) is 25.3 Å². The maximum atomic E-state index is 4.49. The molecule has 1 aliphatic heterocycles. The summed E-state index contributed by atoms with van der Waals surface area (Å²) in [6.07, 6.45) is 3.27. The molecule has 1 aliphatic rings. The van der Waals surface area contributed by atoms with Crippen LogP contribution in [0.2, 0.25) is 0 Å². The van der Waals surface area contributed by atoms with Gasteiger partial charge in [-0.2, -0.15) is 0 Å². The second kappa shape index (κ2) is 6.32. The first-order chi connectivity index (χ1) is 9.76. The molecule has 1 saturated heterocycles. The van der Waals surface area contributed by atoms with Crippen LogP contribution in [0, 0.1) is 6.92 Å². The van der Waals surface area contributed by atoms with Gasteiger partial charge < -0.3 is 15.1 Å². The second-order valence-electron chi connectivity index (χ2n) is 7.41. The van der Waals surface area contributed by atoms with Crippen molar-refractivity contribution in [2.24, 2.45) is 0 Å². The van der Waals surface area contributed by atoms with Crippen LogP contribution in [0.5, 0.6) is 0 Å². The molecule has 0 bridgehead atoms. The minimum absolute atomic E-state index is 0.124. The van der Waals surface area contributed by atoms with Crippen LogP contribution in [-0.2, 0) is 6.54 Å². The smallest absolute Gasteiger partial charge is 0.0446 e. The molecule has 118 valence electrons. The first-order valence-corrected chi connectivity index (χ1v) is 7.88. The first-order valence-electron chi connectivity index (χ1n) is 7.88. The summed E-state index contributed by atoms with van der Waals surface area (Å²) in [6.45, 7) is 11.8. The van der Waals surface area contributed by atoms with Gasteiger partial charge in [0.2, 0.25) is 0 Å². The molecular weight excluding hydrogens is 260 g/mol. The fraction of sp³-hybridized carbons (Fsp3) is 0.706. The number of aromatic nitrogens is 1. The Morgan fingerprint density at radius 2 is 2.10 bits per heavy atom. The van der Waals surface area contributed by atoms with E-state index in [-0.39, 0.29) is 5.54 Å². The van der Waals surface area contributed by atoms with E-state index in [9.17, 15) is 0 Å². The molecule has 1 unspecified atom stereocenters. The van der Waals surface area contributed by atoms with Crippen LogP contribution in [-0.4, -0.2) is 48.6 Å². The van der Waals surface area contributed by atoms with Crippen molar-refractivity contribution in [1.29, 1.82) is 0 Å². The van der Waals surface area contributed by atoms with Gasteiger partial charge in [-0.15, -0.1) is 0 Å². The van der Waals surface area contributed by atoms with Crippen molar-refractivity contribution in [3.8, 4) is 0 Å². The van der Waals surface area contributed by atoms with Gasteiger partial charge in [0.1, 0.15) is 0 Å². The average Bonchev–Trinajstić information content (AvgIpc) is 2.85. The van der Waals surface area contributed by atoms with E-state index in [1.165, 1.54) is 17.7 Å². The SMILES string of the molecule is Cc1cc(N2CCC(N(C)C)C2)c(CNC(C)(C)C)cn1. The highest BCUT2D eigenvalue weighted by molar-refractivity contribution is 5.54. The molecule has 0 saturated carbocycles. The van der Waals surface area contributed by atoms with Gasteiger partial charge in [-0.3, -0.25) is 4.98 Å². The Balaban J connectivity index is 2.16. The Bertz CT molecular complexity index is 476. The third kappa shape index (κ3) is 4.42. The monoisotopic (exact) mass is 290 g/mol. The van der Waals surface area contributed by atoms with Crippen molar-refractivity contribution < 1.29 is 0 Å². The highest BCUT2D eigenvalue weighted by atomic mass is 15.2. The standard InChI is InChI=1S/C17H30N4/c1-13-9-16(21-8-7-15(12-21)20(5)6)14(10-18-13)11-19-17(2,3)4/h9-10,15,19H,7-8,11-12H2,1-6H3. The molecule has 0 radical (unpaired) electrons. The summed E-state index contributed by atoms with van der Waals surface area (Å²) in [5.41, 5.74) is 3.87. The lowest BCUT2D eigenvalue weighted by molar-refractivity contribution is 0.315. The highest BCUT2D eigenvalue weighted by Gasteiger charge is 2.26. The summed E-state index contributed by atoms with van der Waals surface area (Å²) in [6, 6.07) is 2.89. The largest absolute Gasteiger partial charge is 0.370 e. The predicted molar refractivity (Wildman–Crippen MR) is 89.9 cm³/mol. The van der Waals surface area contributed by atoms with Gasteiger partial charge in [0.15, 0.2) is 0 Å². The molecule has 1 N–H and O–H groups in total. The molecular formula is C17H30N4. The number of rotatable bonds is 4. The van der Waals surface area contributed by atoms with E-state index in [1.807, 2.05) is 6.20 Å². The van der Waals surface area contributed by atoms with Crippen LogP contribution in [0.3, 0.4) is 0 Å². The van der Waals surface area contributed by atoms with Crippen molar-refractivity contribution in [3.05, 3.63) is 23.5 Å². The van der Waals surface area contributed by atoms with Crippen LogP contribution in [0.1, 0.15) is 38.4 Å². The second-order valence-corrected chi connectivity index (χ2v) is 7.41. The Labute approximate surface area is 129 Å². The summed E-state index contributed by atoms with van der Waals surface area (Å²) < 4.78 is 0. The Hall–Kier alpha value is -1.13. The van der Waals surface area contributed by atoms with Gasteiger partial charge in [-0.05, 0) is 54.3 Å². The number of nitrogens with zero attached hydrogens (tertiary/aromatic N) is 3. The van der Waals surface area contributed by atoms with E-state index in [0.29, 0.717) is 6.04 Å². The fourth-order valence-electron chi connectivity index (χ4n) is 2.75. The quantitative estimate of drug-likeness (QED) is 0.923. The van der Waals surface area contributed by atoms with Crippen LogP contribution in [0.15, 0.2) is 12.3 Å². The summed E-state index contributed by atoms with van der Waals surface area (Å²) in [5, 5.41) is 3.58. The van der Waals surface area contributed by atoms with Crippen molar-refractivity contribution >= 4 is 5.69 Å². The molecule has 2 heterocycles. The molecule has 0 spiro atoms. The molecule has 21 heavy (non-hydrogen) atoms.